The molecule has 0 aliphatic heterocycles. The minimum atomic E-state index is 0.702. The van der Waals surface area contributed by atoms with Gasteiger partial charge in [-0.1, -0.05) is 141 Å². The second-order valence-corrected chi connectivity index (χ2v) is 12.1. The summed E-state index contributed by atoms with van der Waals surface area (Å²) in [7, 11) is 0. The third-order valence-electron chi connectivity index (χ3n) is 8.21. The Morgan fingerprint density at radius 3 is 1.69 bits per heavy atom. The fourth-order valence-corrected chi connectivity index (χ4v) is 6.89. The summed E-state index contributed by atoms with van der Waals surface area (Å²) in [6, 6.07) is 43.7. The number of fused-ring (bicyclic) bond motifs is 1. The smallest absolute Gasteiger partial charge is 0.0226 e. The van der Waals surface area contributed by atoms with Gasteiger partial charge in [-0.3, -0.25) is 0 Å². The molecule has 3 heteroatoms. The lowest BCUT2D eigenvalue weighted by Crippen LogP contribution is -1.97. The second kappa shape index (κ2) is 13.9. The van der Waals surface area contributed by atoms with Crippen molar-refractivity contribution in [1.29, 1.82) is 0 Å². The van der Waals surface area contributed by atoms with Gasteiger partial charge in [-0.2, -0.15) is 12.6 Å². The number of nitrogens with two attached hydrogens (primary N) is 1. The molecule has 0 saturated carbocycles. The van der Waals surface area contributed by atoms with Crippen LogP contribution in [-0.2, 0) is 11.5 Å². The molecule has 0 atom stereocenters. The average Bonchev–Trinajstić information content (AvgIpc) is 3.11. The molecule has 0 unspecified atom stereocenters. The summed E-state index contributed by atoms with van der Waals surface area (Å²) < 4.78 is 0. The maximum atomic E-state index is 5.55. The first-order valence-electron chi connectivity index (χ1n) is 15.0. The van der Waals surface area contributed by atoms with Crippen LogP contribution >= 0.6 is 24.4 Å². The van der Waals surface area contributed by atoms with Crippen LogP contribution in [0.5, 0.6) is 0 Å². The Labute approximate surface area is 276 Å². The molecule has 0 amide bonds. The van der Waals surface area contributed by atoms with E-state index in [2.05, 4.69) is 147 Å². The summed E-state index contributed by atoms with van der Waals surface area (Å²) in [5, 5.41) is 4.28. The van der Waals surface area contributed by atoms with Crippen molar-refractivity contribution in [2.24, 2.45) is 5.73 Å². The summed E-state index contributed by atoms with van der Waals surface area (Å²) in [6.45, 7) is 8.60. The monoisotopic (exact) mass is 617 g/mol. The predicted molar refractivity (Wildman–Crippen MR) is 203 cm³/mol. The topological polar surface area (TPSA) is 26.0 Å². The molecule has 220 valence electrons. The highest BCUT2D eigenvalue weighted by Crippen LogP contribution is 2.45. The predicted octanol–water partition coefficient (Wildman–Crippen LogP) is 11.9. The van der Waals surface area contributed by atoms with Gasteiger partial charge in [-0.15, -0.1) is 11.8 Å². The summed E-state index contributed by atoms with van der Waals surface area (Å²) >= 11 is 6.17. The van der Waals surface area contributed by atoms with E-state index in [-0.39, 0.29) is 0 Å². The molecule has 0 aromatic heterocycles. The molecule has 0 spiro atoms. The molecular weight excluding hydrogens is 583 g/mol. The van der Waals surface area contributed by atoms with E-state index >= 15 is 0 Å². The standard InChI is InChI=1S/C42H35NS2/c1-3-35-36(4-2)42(33-20-16-30(17-21-33)28-45-25-24-43)40-26-34(38-13-9-8-12-37(38)31-10-6-5-7-11-31)22-23-39(40)41(35)32-18-14-29(27-44)15-19-32/h3-26,44H,1-2,27-28,43H2/b25-24-. The molecule has 0 fully saturated rings. The molecule has 0 heterocycles. The Kier molecular flexibility index (Phi) is 9.40. The van der Waals surface area contributed by atoms with Gasteiger partial charge >= 0.3 is 0 Å². The molecule has 6 aromatic rings. The lowest BCUT2D eigenvalue weighted by atomic mass is 9.82. The van der Waals surface area contributed by atoms with E-state index in [1.54, 1.807) is 18.0 Å². The fourth-order valence-electron chi connectivity index (χ4n) is 6.09. The lowest BCUT2D eigenvalue weighted by molar-refractivity contribution is 1.42. The van der Waals surface area contributed by atoms with Crippen molar-refractivity contribution in [3.63, 3.8) is 0 Å². The van der Waals surface area contributed by atoms with Crippen LogP contribution in [0.4, 0.5) is 0 Å². The maximum Gasteiger partial charge on any atom is 0.0226 e. The molecule has 2 N–H and O–H groups in total. The van der Waals surface area contributed by atoms with Crippen molar-refractivity contribution in [2.45, 2.75) is 11.5 Å². The Hall–Kier alpha value is -4.70. The van der Waals surface area contributed by atoms with Gasteiger partial charge in [0.1, 0.15) is 0 Å². The molecule has 0 bridgehead atoms. The van der Waals surface area contributed by atoms with E-state index < -0.39 is 0 Å². The largest absolute Gasteiger partial charge is 0.404 e. The van der Waals surface area contributed by atoms with Crippen molar-refractivity contribution in [2.75, 3.05) is 0 Å². The van der Waals surface area contributed by atoms with Gasteiger partial charge in [-0.05, 0) is 89.0 Å². The highest BCUT2D eigenvalue weighted by atomic mass is 32.2. The van der Waals surface area contributed by atoms with Crippen LogP contribution < -0.4 is 5.73 Å². The Morgan fingerprint density at radius 1 is 0.578 bits per heavy atom. The van der Waals surface area contributed by atoms with Crippen LogP contribution in [-0.4, -0.2) is 0 Å². The van der Waals surface area contributed by atoms with Crippen LogP contribution in [0.25, 0.3) is 67.4 Å². The molecule has 1 nitrogen and oxygen atoms in total. The average molecular weight is 618 g/mol. The van der Waals surface area contributed by atoms with Gasteiger partial charge < -0.3 is 5.73 Å². The van der Waals surface area contributed by atoms with Gasteiger partial charge in [0, 0.05) is 17.7 Å². The maximum absolute atomic E-state index is 5.55. The number of benzene rings is 6. The van der Waals surface area contributed by atoms with E-state index in [0.29, 0.717) is 5.75 Å². The van der Waals surface area contributed by atoms with Gasteiger partial charge in [0.2, 0.25) is 0 Å². The van der Waals surface area contributed by atoms with Gasteiger partial charge in [-0.25, -0.2) is 0 Å². The lowest BCUT2D eigenvalue weighted by Gasteiger charge is -2.21. The van der Waals surface area contributed by atoms with Crippen LogP contribution in [0.3, 0.4) is 0 Å². The van der Waals surface area contributed by atoms with Crippen molar-refractivity contribution in [1.82, 2.24) is 0 Å². The number of hydrogen-bond acceptors (Lipinski definition) is 3. The van der Waals surface area contributed by atoms with E-state index in [1.807, 2.05) is 17.6 Å². The first-order valence-corrected chi connectivity index (χ1v) is 16.7. The van der Waals surface area contributed by atoms with E-state index in [9.17, 15) is 0 Å². The molecule has 6 aromatic carbocycles. The zero-order valence-electron chi connectivity index (χ0n) is 25.1. The third kappa shape index (κ3) is 6.15. The van der Waals surface area contributed by atoms with E-state index in [4.69, 9.17) is 5.73 Å². The van der Waals surface area contributed by atoms with Gasteiger partial charge in [0.15, 0.2) is 0 Å². The Bertz CT molecular complexity index is 2000. The number of hydrogen-bond donors (Lipinski definition) is 2. The van der Waals surface area contributed by atoms with Gasteiger partial charge in [0.05, 0.1) is 0 Å². The second-order valence-electron chi connectivity index (χ2n) is 10.8. The SMILES string of the molecule is C=Cc1c(C=C)c(-c2ccc(CS/C=C\N)cc2)c2cc(-c3ccccc3-c3ccccc3)ccc2c1-c1ccc(CS)cc1. The number of thioether (sulfide) groups is 1. The highest BCUT2D eigenvalue weighted by Gasteiger charge is 2.20. The third-order valence-corrected chi connectivity index (χ3v) is 9.43. The quantitative estimate of drug-likeness (QED) is 0.150. The van der Waals surface area contributed by atoms with Crippen molar-refractivity contribution >= 4 is 47.3 Å². The number of thiol groups is 1. The first kappa shape index (κ1) is 30.3. The van der Waals surface area contributed by atoms with Crippen LogP contribution in [0.2, 0.25) is 0 Å². The Morgan fingerprint density at radius 2 is 1.11 bits per heavy atom. The number of rotatable bonds is 10. The summed E-state index contributed by atoms with van der Waals surface area (Å²) in [5.74, 6) is 1.57. The molecule has 45 heavy (non-hydrogen) atoms. The molecule has 0 aliphatic carbocycles. The normalized spacial score (nSPS) is 11.2. The van der Waals surface area contributed by atoms with Crippen molar-refractivity contribution in [3.05, 3.63) is 168 Å². The molecule has 0 radical (unpaired) electrons. The summed E-state index contributed by atoms with van der Waals surface area (Å²) in [4.78, 5) is 0. The Balaban J connectivity index is 1.64. The summed E-state index contributed by atoms with van der Waals surface area (Å²) in [5.41, 5.74) is 19.5. The minimum Gasteiger partial charge on any atom is -0.404 e. The van der Waals surface area contributed by atoms with Crippen molar-refractivity contribution in [3.8, 4) is 44.5 Å². The minimum absolute atomic E-state index is 0.702. The van der Waals surface area contributed by atoms with Crippen LogP contribution in [0.15, 0.2) is 146 Å². The van der Waals surface area contributed by atoms with Crippen LogP contribution in [0, 0.1) is 0 Å². The zero-order chi connectivity index (χ0) is 31.2. The van der Waals surface area contributed by atoms with Crippen LogP contribution in [0.1, 0.15) is 22.3 Å². The van der Waals surface area contributed by atoms with E-state index in [1.165, 1.54) is 44.2 Å². The zero-order valence-corrected chi connectivity index (χ0v) is 26.8. The first-order chi connectivity index (χ1) is 22.2. The summed E-state index contributed by atoms with van der Waals surface area (Å²) in [6.07, 6.45) is 5.54. The van der Waals surface area contributed by atoms with E-state index in [0.717, 1.165) is 39.1 Å². The van der Waals surface area contributed by atoms with Gasteiger partial charge in [0.25, 0.3) is 0 Å². The van der Waals surface area contributed by atoms with Crippen molar-refractivity contribution < 1.29 is 0 Å². The molecule has 6 rings (SSSR count). The highest BCUT2D eigenvalue weighted by molar-refractivity contribution is 8.01. The molecular formula is C42H35NS2. The fraction of sp³-hybridized carbons (Fsp3) is 0.0476. The molecule has 0 saturated heterocycles. The molecule has 0 aliphatic rings.